The van der Waals surface area contributed by atoms with Gasteiger partial charge in [0.2, 0.25) is 0 Å². The minimum Gasteiger partial charge on any atom is -0.454 e. The molecule has 5 aromatic carbocycles. The molecular formula is C46H45FN2O5. The van der Waals surface area contributed by atoms with Gasteiger partial charge < -0.3 is 24.5 Å². The summed E-state index contributed by atoms with van der Waals surface area (Å²) in [6, 6.07) is 43.8. The van der Waals surface area contributed by atoms with Gasteiger partial charge in [0.25, 0.3) is 5.91 Å². The molecule has 276 valence electrons. The second-order valence-corrected chi connectivity index (χ2v) is 13.4. The van der Waals surface area contributed by atoms with E-state index in [4.69, 9.17) is 4.74 Å². The number of halogens is 1. The van der Waals surface area contributed by atoms with Crippen molar-refractivity contribution in [1.82, 2.24) is 4.57 Å². The summed E-state index contributed by atoms with van der Waals surface area (Å²) < 4.78 is 21.2. The number of hydrogen-bond acceptors (Lipinski definition) is 5. The Labute approximate surface area is 316 Å². The fourth-order valence-electron chi connectivity index (χ4n) is 6.62. The van der Waals surface area contributed by atoms with Crippen molar-refractivity contribution in [3.63, 3.8) is 0 Å². The number of aliphatic hydroxyl groups is 1. The van der Waals surface area contributed by atoms with E-state index in [1.165, 1.54) is 19.1 Å². The van der Waals surface area contributed by atoms with Crippen molar-refractivity contribution in [2.75, 3.05) is 5.32 Å². The molecule has 0 fully saturated rings. The number of ether oxygens (including phenoxy) is 1. The van der Waals surface area contributed by atoms with Crippen LogP contribution in [0.25, 0.3) is 22.4 Å². The van der Waals surface area contributed by atoms with Gasteiger partial charge in [0, 0.05) is 36.8 Å². The fraction of sp³-hybridized carbons (Fsp3) is 0.196. The third-order valence-corrected chi connectivity index (χ3v) is 9.01. The first kappa shape index (κ1) is 39.1. The predicted molar refractivity (Wildman–Crippen MR) is 211 cm³/mol. The number of aromatic nitrogens is 1. The molecule has 8 heteroatoms. The maximum atomic E-state index is 13.8. The Morgan fingerprint density at radius 1 is 0.796 bits per heavy atom. The summed E-state index contributed by atoms with van der Waals surface area (Å²) in [6.07, 6.45) is 0.435. The molecule has 7 nitrogen and oxygen atoms in total. The van der Waals surface area contributed by atoms with Crippen LogP contribution in [0.5, 0.6) is 0 Å². The summed E-state index contributed by atoms with van der Waals surface area (Å²) in [5.41, 5.74) is 5.51. The third-order valence-electron chi connectivity index (χ3n) is 9.01. The lowest BCUT2D eigenvalue weighted by atomic mass is 9.86. The van der Waals surface area contributed by atoms with E-state index in [1.54, 1.807) is 19.1 Å². The molecule has 0 aliphatic carbocycles. The summed E-state index contributed by atoms with van der Waals surface area (Å²) >= 11 is 0. The molecule has 0 saturated heterocycles. The van der Waals surface area contributed by atoms with Gasteiger partial charge in [0.15, 0.2) is 6.10 Å². The Bertz CT molecular complexity index is 2130. The van der Waals surface area contributed by atoms with Gasteiger partial charge in [-0.1, -0.05) is 123 Å². The molecule has 2 atom stereocenters. The van der Waals surface area contributed by atoms with Crippen molar-refractivity contribution < 1.29 is 28.6 Å². The Morgan fingerprint density at radius 3 is 1.87 bits per heavy atom. The van der Waals surface area contributed by atoms with Crippen molar-refractivity contribution >= 4 is 23.9 Å². The van der Waals surface area contributed by atoms with Gasteiger partial charge in [-0.15, -0.1) is 0 Å². The van der Waals surface area contributed by atoms with Crippen LogP contribution in [0.3, 0.4) is 0 Å². The van der Waals surface area contributed by atoms with E-state index in [9.17, 15) is 23.9 Å². The van der Waals surface area contributed by atoms with Crippen LogP contribution in [0.4, 0.5) is 10.1 Å². The molecule has 0 bridgehead atoms. The Morgan fingerprint density at radius 2 is 1.33 bits per heavy atom. The highest BCUT2D eigenvalue weighted by molar-refractivity contribution is 6.12. The van der Waals surface area contributed by atoms with Crippen LogP contribution in [-0.4, -0.2) is 27.8 Å². The minimum absolute atomic E-state index is 0.000152. The van der Waals surface area contributed by atoms with Crippen molar-refractivity contribution in [2.45, 2.75) is 58.3 Å². The molecule has 2 N–H and O–H groups in total. The SMILES string of the molecule is CC(=O)O[C@@H](c1ccccc1)C(C)(O)c1ccccc1.CC(C)c1c(C(=O)Nc2ccccc2)c(-c2ccccc2)c(-c2ccc(F)cc2)n1CCC=O. The van der Waals surface area contributed by atoms with Gasteiger partial charge in [-0.25, -0.2) is 4.39 Å². The minimum atomic E-state index is -1.30. The molecule has 1 heterocycles. The largest absolute Gasteiger partial charge is 0.454 e. The number of esters is 1. The number of amides is 1. The number of hydrogen-bond donors (Lipinski definition) is 2. The average Bonchev–Trinajstić information content (AvgIpc) is 3.53. The zero-order valence-corrected chi connectivity index (χ0v) is 30.9. The lowest BCUT2D eigenvalue weighted by Gasteiger charge is -2.33. The van der Waals surface area contributed by atoms with E-state index in [0.29, 0.717) is 29.8 Å². The lowest BCUT2D eigenvalue weighted by molar-refractivity contribution is -0.163. The van der Waals surface area contributed by atoms with Crippen LogP contribution in [0.1, 0.15) is 73.3 Å². The fourth-order valence-corrected chi connectivity index (χ4v) is 6.62. The van der Waals surface area contributed by atoms with Crippen LogP contribution in [0.2, 0.25) is 0 Å². The first-order valence-corrected chi connectivity index (χ1v) is 17.9. The number of rotatable bonds is 12. The van der Waals surface area contributed by atoms with Gasteiger partial charge in [0.1, 0.15) is 17.7 Å². The van der Waals surface area contributed by atoms with E-state index in [2.05, 4.69) is 9.88 Å². The van der Waals surface area contributed by atoms with E-state index in [0.717, 1.165) is 39.9 Å². The molecule has 6 rings (SSSR count). The Kier molecular flexibility index (Phi) is 13.1. The molecule has 0 spiro atoms. The summed E-state index contributed by atoms with van der Waals surface area (Å²) in [7, 11) is 0. The molecule has 54 heavy (non-hydrogen) atoms. The molecule has 1 unspecified atom stereocenters. The predicted octanol–water partition coefficient (Wildman–Crippen LogP) is 10.1. The monoisotopic (exact) mass is 724 g/mol. The highest BCUT2D eigenvalue weighted by Gasteiger charge is 2.37. The molecule has 0 aliphatic rings. The van der Waals surface area contributed by atoms with Gasteiger partial charge >= 0.3 is 5.97 Å². The van der Waals surface area contributed by atoms with Crippen LogP contribution in [0.15, 0.2) is 146 Å². The smallest absolute Gasteiger partial charge is 0.303 e. The standard InChI is InChI=1S/C29H27FN2O2.C17H18O3/c1-20(2)27-26(29(34)31-24-12-7-4-8-13-24)25(21-10-5-3-6-11-21)28(32(27)18-9-19-33)22-14-16-23(30)17-15-22;1-13(18)20-16(14-9-5-3-6-10-14)17(2,19)15-11-7-4-8-12-15/h3-8,10-17,19-20H,9,18H2,1-2H3,(H,31,34);3-12,16,19H,1-2H3/t;16-,17?/m.0/s1. The highest BCUT2D eigenvalue weighted by atomic mass is 19.1. The van der Waals surface area contributed by atoms with Crippen LogP contribution < -0.4 is 5.32 Å². The maximum absolute atomic E-state index is 13.8. The molecule has 6 aromatic rings. The van der Waals surface area contributed by atoms with Crippen molar-refractivity contribution in [3.8, 4) is 22.4 Å². The van der Waals surface area contributed by atoms with E-state index >= 15 is 0 Å². The molecule has 1 amide bonds. The quantitative estimate of drug-likeness (QED) is 0.0968. The Balaban J connectivity index is 0.000000239. The average molecular weight is 725 g/mol. The van der Waals surface area contributed by atoms with E-state index < -0.39 is 17.7 Å². The van der Waals surface area contributed by atoms with Gasteiger partial charge in [-0.05, 0) is 71.5 Å². The van der Waals surface area contributed by atoms with Gasteiger partial charge in [-0.2, -0.15) is 0 Å². The second-order valence-electron chi connectivity index (χ2n) is 13.4. The molecular weight excluding hydrogens is 680 g/mol. The number of nitrogens with one attached hydrogen (secondary N) is 1. The first-order chi connectivity index (χ1) is 26.0. The molecule has 0 saturated carbocycles. The number of aldehydes is 1. The normalized spacial score (nSPS) is 12.5. The number of anilines is 1. The molecule has 0 radical (unpaired) electrons. The number of nitrogens with zero attached hydrogens (tertiary/aromatic N) is 1. The summed E-state index contributed by atoms with van der Waals surface area (Å²) in [6.45, 7) is 7.49. The zero-order chi connectivity index (χ0) is 38.7. The summed E-state index contributed by atoms with van der Waals surface area (Å²) in [5, 5.41) is 13.9. The second kappa shape index (κ2) is 18.1. The van der Waals surface area contributed by atoms with Gasteiger partial charge in [-0.3, -0.25) is 9.59 Å². The highest BCUT2D eigenvalue weighted by Crippen LogP contribution is 2.43. The summed E-state index contributed by atoms with van der Waals surface area (Å²) in [5.74, 6) is -0.973. The molecule has 0 aliphatic heterocycles. The topological polar surface area (TPSA) is 97.6 Å². The van der Waals surface area contributed by atoms with Crippen LogP contribution in [0, 0.1) is 5.82 Å². The number of carbonyl (C=O) groups excluding carboxylic acids is 3. The molecule has 1 aromatic heterocycles. The number of benzene rings is 5. The van der Waals surface area contributed by atoms with Crippen molar-refractivity contribution in [2.24, 2.45) is 0 Å². The lowest BCUT2D eigenvalue weighted by Crippen LogP contribution is -2.33. The first-order valence-electron chi connectivity index (χ1n) is 17.9. The van der Waals surface area contributed by atoms with Crippen molar-refractivity contribution in [1.29, 1.82) is 0 Å². The third kappa shape index (κ3) is 9.26. The zero-order valence-electron chi connectivity index (χ0n) is 30.9. The summed E-state index contributed by atoms with van der Waals surface area (Å²) in [4.78, 5) is 36.5. The van der Waals surface area contributed by atoms with E-state index in [-0.39, 0.29) is 17.6 Å². The maximum Gasteiger partial charge on any atom is 0.303 e. The number of para-hydroxylation sites is 1. The van der Waals surface area contributed by atoms with Gasteiger partial charge in [0.05, 0.1) is 11.3 Å². The van der Waals surface area contributed by atoms with Crippen LogP contribution in [-0.2, 0) is 26.5 Å². The van der Waals surface area contributed by atoms with Crippen LogP contribution >= 0.6 is 0 Å². The Hall–Kier alpha value is -6.12. The number of carbonyl (C=O) groups is 3. The van der Waals surface area contributed by atoms with Crippen molar-refractivity contribution in [3.05, 3.63) is 174 Å². The van der Waals surface area contributed by atoms with E-state index in [1.807, 2.05) is 135 Å².